The van der Waals surface area contributed by atoms with Gasteiger partial charge >= 0.3 is 0 Å². The minimum absolute atomic E-state index is 0.559. The van der Waals surface area contributed by atoms with E-state index >= 15 is 0 Å². The molecule has 0 aliphatic heterocycles. The van der Waals surface area contributed by atoms with Gasteiger partial charge in [-0.15, -0.1) is 0 Å². The smallest absolute Gasteiger partial charge is 0.201 e. The van der Waals surface area contributed by atoms with Crippen molar-refractivity contribution in [2.24, 2.45) is 0 Å². The molecule has 0 saturated carbocycles. The van der Waals surface area contributed by atoms with Crippen molar-refractivity contribution in [2.75, 3.05) is 32.5 Å². The molecule has 0 fully saturated rings. The van der Waals surface area contributed by atoms with Crippen molar-refractivity contribution in [2.45, 2.75) is 26.8 Å². The lowest BCUT2D eigenvalue weighted by atomic mass is 10.3. The van der Waals surface area contributed by atoms with E-state index in [0.717, 1.165) is 49.4 Å². The molecule has 2 N–H and O–H groups in total. The summed E-state index contributed by atoms with van der Waals surface area (Å²) in [5, 5.41) is 0. The Labute approximate surface area is 120 Å². The summed E-state index contributed by atoms with van der Waals surface area (Å²) in [6.07, 6.45) is 1.06. The third-order valence-electron chi connectivity index (χ3n) is 3.74. The Morgan fingerprint density at radius 1 is 1.30 bits per heavy atom. The average Bonchev–Trinajstić information content (AvgIpc) is 2.79. The summed E-state index contributed by atoms with van der Waals surface area (Å²) >= 11 is 0. The highest BCUT2D eigenvalue weighted by Gasteiger charge is 2.11. The summed E-state index contributed by atoms with van der Waals surface area (Å²) in [5.41, 5.74) is 7.93. The van der Waals surface area contributed by atoms with Crippen LogP contribution in [0.25, 0.3) is 11.0 Å². The molecule has 1 aromatic heterocycles. The number of benzene rings is 1. The third-order valence-corrected chi connectivity index (χ3v) is 3.74. The number of nitrogen functional groups attached to an aromatic ring is 1. The minimum atomic E-state index is 0.559. The highest BCUT2D eigenvalue weighted by atomic mass is 16.5. The maximum absolute atomic E-state index is 6.04. The number of aryl methyl sites for hydroxylation is 1. The van der Waals surface area contributed by atoms with Crippen LogP contribution in [0.3, 0.4) is 0 Å². The summed E-state index contributed by atoms with van der Waals surface area (Å²) in [4.78, 5) is 6.84. The van der Waals surface area contributed by atoms with Crippen LogP contribution in [0.1, 0.15) is 20.3 Å². The van der Waals surface area contributed by atoms with E-state index in [9.17, 15) is 0 Å². The van der Waals surface area contributed by atoms with Gasteiger partial charge in [-0.05, 0) is 38.2 Å². The number of nitrogens with two attached hydrogens (primary N) is 1. The fourth-order valence-electron chi connectivity index (χ4n) is 2.53. The quantitative estimate of drug-likeness (QED) is 0.843. The molecular formula is C15H24N4O. The molecule has 0 radical (unpaired) electrons. The number of hydrogen-bond donors (Lipinski definition) is 1. The second-order valence-corrected chi connectivity index (χ2v) is 4.83. The summed E-state index contributed by atoms with van der Waals surface area (Å²) in [6.45, 7) is 8.52. The van der Waals surface area contributed by atoms with E-state index in [4.69, 9.17) is 10.5 Å². The van der Waals surface area contributed by atoms with Crippen LogP contribution in [0.4, 0.5) is 5.95 Å². The van der Waals surface area contributed by atoms with E-state index in [1.807, 2.05) is 18.2 Å². The van der Waals surface area contributed by atoms with Crippen LogP contribution in [-0.2, 0) is 6.54 Å². The zero-order chi connectivity index (χ0) is 14.5. The first-order valence-electron chi connectivity index (χ1n) is 7.22. The number of nitrogens with zero attached hydrogens (tertiary/aromatic N) is 3. The second-order valence-electron chi connectivity index (χ2n) is 4.83. The number of rotatable bonds is 7. The van der Waals surface area contributed by atoms with Gasteiger partial charge in [0.25, 0.3) is 0 Å². The normalized spacial score (nSPS) is 11.4. The molecule has 2 rings (SSSR count). The van der Waals surface area contributed by atoms with Gasteiger partial charge in [0.15, 0.2) is 0 Å². The molecule has 5 nitrogen and oxygen atoms in total. The topological polar surface area (TPSA) is 56.3 Å². The Bertz CT molecular complexity index is 560. The first-order valence-corrected chi connectivity index (χ1v) is 7.22. The molecule has 2 aromatic rings. The Morgan fingerprint density at radius 2 is 2.05 bits per heavy atom. The molecule has 110 valence electrons. The first-order chi connectivity index (χ1) is 9.71. The van der Waals surface area contributed by atoms with Crippen molar-refractivity contribution in [3.05, 3.63) is 18.2 Å². The predicted molar refractivity (Wildman–Crippen MR) is 83.1 cm³/mol. The number of aromatic nitrogens is 2. The van der Waals surface area contributed by atoms with E-state index < -0.39 is 0 Å². The van der Waals surface area contributed by atoms with Crippen molar-refractivity contribution in [1.82, 2.24) is 14.5 Å². The van der Waals surface area contributed by atoms with Crippen LogP contribution >= 0.6 is 0 Å². The molecule has 0 amide bonds. The van der Waals surface area contributed by atoms with Crippen LogP contribution < -0.4 is 10.5 Å². The van der Waals surface area contributed by atoms with Gasteiger partial charge in [0.1, 0.15) is 11.3 Å². The number of ether oxygens (including phenoxy) is 1. The van der Waals surface area contributed by atoms with Gasteiger partial charge in [-0.1, -0.05) is 19.9 Å². The largest absolute Gasteiger partial charge is 0.494 e. The third kappa shape index (κ3) is 2.88. The van der Waals surface area contributed by atoms with Crippen LogP contribution in [0.5, 0.6) is 5.75 Å². The van der Waals surface area contributed by atoms with Crippen LogP contribution in [-0.4, -0.2) is 41.2 Å². The summed E-state index contributed by atoms with van der Waals surface area (Å²) in [6, 6.07) is 5.93. The first kappa shape index (κ1) is 14.7. The fraction of sp³-hybridized carbons (Fsp3) is 0.533. The molecule has 0 atom stereocenters. The van der Waals surface area contributed by atoms with Crippen molar-refractivity contribution in [3.8, 4) is 5.75 Å². The highest BCUT2D eigenvalue weighted by molar-refractivity contribution is 5.84. The molecule has 1 heterocycles. The van der Waals surface area contributed by atoms with E-state index in [-0.39, 0.29) is 0 Å². The van der Waals surface area contributed by atoms with E-state index in [0.29, 0.717) is 5.95 Å². The molecule has 0 aliphatic rings. The minimum Gasteiger partial charge on any atom is -0.494 e. The maximum Gasteiger partial charge on any atom is 0.201 e. The Kier molecular flexibility index (Phi) is 4.84. The number of hydrogen-bond acceptors (Lipinski definition) is 4. The molecule has 1 aromatic carbocycles. The van der Waals surface area contributed by atoms with E-state index in [1.165, 1.54) is 0 Å². The standard InChI is InChI=1S/C15H24N4O/c1-4-18(5-2)10-7-11-19-12-8-6-9-13(20-3)14(12)17-15(19)16/h6,8-9H,4-5,7,10-11H2,1-3H3,(H2,16,17). The van der Waals surface area contributed by atoms with Gasteiger partial charge < -0.3 is 19.9 Å². The SMILES string of the molecule is CCN(CC)CCCn1c(N)nc2c(OC)cccc21. The zero-order valence-corrected chi connectivity index (χ0v) is 12.6. The molecule has 5 heteroatoms. The van der Waals surface area contributed by atoms with Crippen molar-refractivity contribution < 1.29 is 4.74 Å². The fourth-order valence-corrected chi connectivity index (χ4v) is 2.53. The highest BCUT2D eigenvalue weighted by Crippen LogP contribution is 2.26. The van der Waals surface area contributed by atoms with Gasteiger partial charge in [0.2, 0.25) is 5.95 Å². The molecule has 20 heavy (non-hydrogen) atoms. The van der Waals surface area contributed by atoms with Crippen LogP contribution in [0.2, 0.25) is 0 Å². The molecular weight excluding hydrogens is 252 g/mol. The number of fused-ring (bicyclic) bond motifs is 1. The number of para-hydroxylation sites is 1. The Balaban J connectivity index is 2.16. The Morgan fingerprint density at radius 3 is 2.70 bits per heavy atom. The maximum atomic E-state index is 6.04. The van der Waals surface area contributed by atoms with Gasteiger partial charge in [-0.2, -0.15) is 0 Å². The summed E-state index contributed by atoms with van der Waals surface area (Å²) < 4.78 is 7.40. The molecule has 0 unspecified atom stereocenters. The lowest BCUT2D eigenvalue weighted by Gasteiger charge is -2.18. The molecule has 0 bridgehead atoms. The lowest BCUT2D eigenvalue weighted by Crippen LogP contribution is -2.25. The predicted octanol–water partition coefficient (Wildman–Crippen LogP) is 2.36. The number of imidazole rings is 1. The van der Waals surface area contributed by atoms with E-state index in [2.05, 4.69) is 28.3 Å². The van der Waals surface area contributed by atoms with Crippen molar-refractivity contribution in [3.63, 3.8) is 0 Å². The summed E-state index contributed by atoms with van der Waals surface area (Å²) in [5.74, 6) is 1.33. The van der Waals surface area contributed by atoms with Crippen molar-refractivity contribution >= 4 is 17.0 Å². The Hall–Kier alpha value is -1.75. The van der Waals surface area contributed by atoms with Gasteiger partial charge in [0, 0.05) is 6.54 Å². The summed E-state index contributed by atoms with van der Waals surface area (Å²) in [7, 11) is 1.66. The van der Waals surface area contributed by atoms with Crippen molar-refractivity contribution in [1.29, 1.82) is 0 Å². The number of methoxy groups -OCH3 is 1. The second kappa shape index (κ2) is 6.61. The monoisotopic (exact) mass is 276 g/mol. The van der Waals surface area contributed by atoms with Gasteiger partial charge in [0.05, 0.1) is 12.6 Å². The van der Waals surface area contributed by atoms with Crippen LogP contribution in [0.15, 0.2) is 18.2 Å². The van der Waals surface area contributed by atoms with Gasteiger partial charge in [-0.3, -0.25) is 0 Å². The zero-order valence-electron chi connectivity index (χ0n) is 12.6. The molecule has 0 saturated heterocycles. The van der Waals surface area contributed by atoms with Crippen LogP contribution in [0, 0.1) is 0 Å². The average molecular weight is 276 g/mol. The van der Waals surface area contributed by atoms with Gasteiger partial charge in [-0.25, -0.2) is 4.98 Å². The number of anilines is 1. The molecule has 0 spiro atoms. The van der Waals surface area contributed by atoms with E-state index in [1.54, 1.807) is 7.11 Å². The lowest BCUT2D eigenvalue weighted by molar-refractivity contribution is 0.294. The molecule has 0 aliphatic carbocycles.